The molecule has 0 fully saturated rings. The largest absolute Gasteiger partial charge is 0.411 e. The summed E-state index contributed by atoms with van der Waals surface area (Å²) in [7, 11) is 1.42. The second-order valence-electron chi connectivity index (χ2n) is 11.3. The number of oxime groups is 2. The number of Topliss-reactive ketones (excluding diaryl/α,β-unsaturated/α-hetero) is 1. The zero-order valence-electron chi connectivity index (χ0n) is 34.1. The van der Waals surface area contributed by atoms with Crippen molar-refractivity contribution < 1.29 is 47.0 Å². The lowest BCUT2D eigenvalue weighted by Gasteiger charge is -1.99. The summed E-state index contributed by atoms with van der Waals surface area (Å²) < 4.78 is 44.0. The van der Waals surface area contributed by atoms with Gasteiger partial charge in [-0.05, 0) is 103 Å². The van der Waals surface area contributed by atoms with Gasteiger partial charge in [0.1, 0.15) is 23.7 Å². The smallest absolute Gasteiger partial charge is 0.261 e. The van der Waals surface area contributed by atoms with Gasteiger partial charge in [0.25, 0.3) is 9.05 Å². The molecule has 2 aromatic heterocycles. The SMILES string of the molecule is CC(C)=NO.CC(C)=NOc1ccccc1C#N.CC(C)=O.CCO.Cl.N#Cc1ccccc1F.NO.Nc1noc2ccc(S(=O)(=O)Cl)cc12.Nc1noc2ccccc12. The first-order chi connectivity index (χ1) is 28.4. The van der Waals surface area contributed by atoms with Crippen LogP contribution >= 0.6 is 23.1 Å². The number of nitrogen functional groups attached to an aromatic ring is 2. The predicted octanol–water partition coefficient (Wildman–Crippen LogP) is 7.98. The molecular weight excluding hydrogens is 860 g/mol. The van der Waals surface area contributed by atoms with Gasteiger partial charge in [0.05, 0.1) is 38.2 Å². The van der Waals surface area contributed by atoms with Gasteiger partial charge in [-0.25, -0.2) is 18.7 Å². The summed E-state index contributed by atoms with van der Waals surface area (Å²) in [5.74, 6) is 4.30. The Morgan fingerprint density at radius 2 is 1.23 bits per heavy atom. The molecule has 0 aliphatic heterocycles. The zero-order valence-corrected chi connectivity index (χ0v) is 36.5. The number of aliphatic hydroxyl groups is 1. The summed E-state index contributed by atoms with van der Waals surface area (Å²) in [5, 5.41) is 53.7. The van der Waals surface area contributed by atoms with Gasteiger partial charge in [-0.3, -0.25) is 0 Å². The van der Waals surface area contributed by atoms with Crippen molar-refractivity contribution in [3.05, 3.63) is 108 Å². The van der Waals surface area contributed by atoms with Crippen molar-refractivity contribution in [3.8, 4) is 17.9 Å². The van der Waals surface area contributed by atoms with E-state index < -0.39 is 14.9 Å². The number of carbonyl (C=O) groups excluding carboxylic acids is 1. The molecule has 2 heterocycles. The van der Waals surface area contributed by atoms with Gasteiger partial charge in [0, 0.05) is 17.3 Å². The average molecular weight is 909 g/mol. The van der Waals surface area contributed by atoms with E-state index in [1.165, 1.54) is 44.2 Å². The van der Waals surface area contributed by atoms with E-state index in [4.69, 9.17) is 62.1 Å². The lowest BCUT2D eigenvalue weighted by Crippen LogP contribution is -1.91. The lowest BCUT2D eigenvalue weighted by atomic mass is 10.2. The third kappa shape index (κ3) is 25.4. The van der Waals surface area contributed by atoms with E-state index in [-0.39, 0.29) is 41.1 Å². The molecule has 0 radical (unpaired) electrons. The van der Waals surface area contributed by atoms with E-state index in [1.807, 2.05) is 44.2 Å². The van der Waals surface area contributed by atoms with Crippen molar-refractivity contribution >= 4 is 82.9 Å². The molecule has 0 spiro atoms. The number of nitrogens with zero attached hydrogens (tertiary/aromatic N) is 6. The number of rotatable bonds is 3. The number of hydrogen-bond donors (Lipinski definition) is 6. The number of nitriles is 2. The molecule has 0 saturated carbocycles. The second kappa shape index (κ2) is 33.2. The molecule has 0 amide bonds. The van der Waals surface area contributed by atoms with Gasteiger partial charge in [-0.15, -0.1) is 12.4 Å². The topological polar surface area (TPSA) is 324 Å². The molecule has 9 N–H and O–H groups in total. The number of anilines is 2. The first-order valence-corrected chi connectivity index (χ1v) is 19.2. The van der Waals surface area contributed by atoms with E-state index in [9.17, 15) is 17.6 Å². The Balaban J connectivity index is -0.000000669. The third-order valence-corrected chi connectivity index (χ3v) is 7.04. The molecule has 0 aliphatic carbocycles. The van der Waals surface area contributed by atoms with Crippen molar-refractivity contribution in [3.63, 3.8) is 0 Å². The van der Waals surface area contributed by atoms with Gasteiger partial charge in [-0.2, -0.15) is 10.5 Å². The van der Waals surface area contributed by atoms with Crippen LogP contribution in [0.25, 0.3) is 21.9 Å². The third-order valence-electron chi connectivity index (χ3n) is 5.68. The van der Waals surface area contributed by atoms with Gasteiger partial charge in [0.2, 0.25) is 0 Å². The molecule has 61 heavy (non-hydrogen) atoms. The Morgan fingerprint density at radius 3 is 1.66 bits per heavy atom. The highest BCUT2D eigenvalue weighted by Gasteiger charge is 2.13. The summed E-state index contributed by atoms with van der Waals surface area (Å²) >= 11 is 0. The lowest BCUT2D eigenvalue weighted by molar-refractivity contribution is -0.115. The van der Waals surface area contributed by atoms with Crippen molar-refractivity contribution in [2.45, 2.75) is 53.4 Å². The Kier molecular flexibility index (Phi) is 31.9. The number of hydrogen-bond acceptors (Lipinski definition) is 18. The Bertz CT molecular complexity index is 2440. The number of nitrogens with two attached hydrogens (primary N) is 3. The van der Waals surface area contributed by atoms with Gasteiger partial charge in [-0.1, -0.05) is 57.0 Å². The van der Waals surface area contributed by atoms with Crippen LogP contribution in [0.15, 0.2) is 115 Å². The molecule has 0 aliphatic rings. The van der Waals surface area contributed by atoms with Crippen LogP contribution in [-0.2, 0) is 13.8 Å². The van der Waals surface area contributed by atoms with E-state index in [1.54, 1.807) is 63.2 Å². The summed E-state index contributed by atoms with van der Waals surface area (Å²) in [6, 6.07) is 28.2. The maximum atomic E-state index is 12.4. The molecular formula is C39H48Cl2FN9O9S. The van der Waals surface area contributed by atoms with Crippen molar-refractivity contribution in [1.82, 2.24) is 10.3 Å². The van der Waals surface area contributed by atoms with Gasteiger partial charge < -0.3 is 45.7 Å². The molecule has 0 bridgehead atoms. The number of halogens is 3. The van der Waals surface area contributed by atoms with Gasteiger partial charge in [0.15, 0.2) is 28.6 Å². The number of fused-ring (bicyclic) bond motifs is 2. The molecule has 6 aromatic rings. The fourth-order valence-electron chi connectivity index (χ4n) is 3.32. The Hall–Kier alpha value is -6.65. The molecule has 0 atom stereocenters. The fourth-order valence-corrected chi connectivity index (χ4v) is 4.10. The van der Waals surface area contributed by atoms with E-state index in [0.29, 0.717) is 33.8 Å². The highest BCUT2D eigenvalue weighted by Crippen LogP contribution is 2.25. The molecule has 0 saturated heterocycles. The standard InChI is InChI=1S/C10H10N2O.C7H5ClN2O3S.C7H4FN.C7H6N2O.C3H7NO.C3H6O.C2H6O.ClH.H3NO/c1-8(2)12-13-10-6-4-3-5-9(10)7-11;8-14(11,12)4-1-2-6-5(3-4)7(9)10-13-6;8-7-4-2-1-3-6(7)5-9;8-7-5-3-1-2-4-6(5)10-9-7;1-3(2)4-5;1-3(2)4;1-2-3;;1-2/h3-6H,1-2H3;1-3H,(H2,9,10);1-4H;1-4H,(H2,8,9);5H,1-2H3;1-2H3;3H,2H2,1H3;1H;2H,1H2. The summed E-state index contributed by atoms with van der Waals surface area (Å²) in [5.41, 5.74) is 14.2. The van der Waals surface area contributed by atoms with Gasteiger partial charge >= 0.3 is 0 Å². The first kappa shape index (κ1) is 58.7. The number of aromatic nitrogens is 2. The normalized spacial score (nSPS) is 8.95. The van der Waals surface area contributed by atoms with Crippen molar-refractivity contribution in [2.24, 2.45) is 16.2 Å². The first-order valence-electron chi connectivity index (χ1n) is 16.9. The van der Waals surface area contributed by atoms with Crippen LogP contribution < -0.4 is 22.2 Å². The van der Waals surface area contributed by atoms with Crippen LogP contribution in [0, 0.1) is 28.5 Å². The zero-order chi connectivity index (χ0) is 46.3. The highest BCUT2D eigenvalue weighted by molar-refractivity contribution is 8.13. The van der Waals surface area contributed by atoms with Crippen LogP contribution in [0.5, 0.6) is 5.75 Å². The highest BCUT2D eigenvalue weighted by atomic mass is 35.7. The van der Waals surface area contributed by atoms with Crippen LogP contribution in [-0.4, -0.2) is 58.1 Å². The molecule has 4 aromatic carbocycles. The van der Waals surface area contributed by atoms with Crippen LogP contribution in [0.2, 0.25) is 0 Å². The molecule has 22 heteroatoms. The Morgan fingerprint density at radius 1 is 0.803 bits per heavy atom. The quantitative estimate of drug-likeness (QED) is 0.0424. The minimum absolute atomic E-state index is 0. The minimum atomic E-state index is -3.74. The molecule has 0 unspecified atom stereocenters. The second-order valence-corrected chi connectivity index (χ2v) is 13.9. The predicted molar refractivity (Wildman–Crippen MR) is 234 cm³/mol. The van der Waals surface area contributed by atoms with E-state index >= 15 is 0 Å². The maximum Gasteiger partial charge on any atom is 0.261 e. The monoisotopic (exact) mass is 907 g/mol. The molecule has 18 nitrogen and oxygen atoms in total. The molecule has 330 valence electrons. The van der Waals surface area contributed by atoms with Crippen molar-refractivity contribution in [2.75, 3.05) is 18.1 Å². The number of aliphatic hydroxyl groups excluding tert-OH is 1. The van der Waals surface area contributed by atoms with E-state index in [2.05, 4.69) is 26.5 Å². The van der Waals surface area contributed by atoms with Crippen LogP contribution in [0.3, 0.4) is 0 Å². The Labute approximate surface area is 363 Å². The fraction of sp³-hybridized carbons (Fsp3) is 0.205. The van der Waals surface area contributed by atoms with Crippen molar-refractivity contribution in [1.29, 1.82) is 10.5 Å². The average Bonchev–Trinajstić information content (AvgIpc) is 3.80. The number of carbonyl (C=O) groups is 1. The van der Waals surface area contributed by atoms with Crippen LogP contribution in [0.1, 0.15) is 59.6 Å². The number of para-hydroxylation sites is 2. The number of benzene rings is 4. The summed E-state index contributed by atoms with van der Waals surface area (Å²) in [6.07, 6.45) is 0. The minimum Gasteiger partial charge on any atom is -0.411 e. The number of ketones is 1. The summed E-state index contributed by atoms with van der Waals surface area (Å²) in [6.45, 7) is 12.1. The maximum absolute atomic E-state index is 12.4. The molecule has 6 rings (SSSR count). The summed E-state index contributed by atoms with van der Waals surface area (Å²) in [4.78, 5) is 14.5. The van der Waals surface area contributed by atoms with Crippen LogP contribution in [0.4, 0.5) is 16.0 Å². The van der Waals surface area contributed by atoms with E-state index in [0.717, 1.165) is 16.7 Å².